The number of hydrogen-bond acceptors (Lipinski definition) is 16. The Labute approximate surface area is 421 Å². The maximum absolute atomic E-state index is 15.6. The molecule has 1 saturated carbocycles. The highest BCUT2D eigenvalue weighted by Crippen LogP contribution is 2.40. The van der Waals surface area contributed by atoms with Crippen LogP contribution in [0, 0.1) is 5.82 Å². The number of nitrogens with one attached hydrogen (secondary N) is 4. The molecule has 0 spiro atoms. The zero-order chi connectivity index (χ0) is 51.6. The number of carbonyl (C=O) groups is 6. The van der Waals surface area contributed by atoms with Gasteiger partial charge in [-0.3, -0.25) is 39.0 Å². The summed E-state index contributed by atoms with van der Waals surface area (Å²) in [5, 5.41) is 11.2. The number of methoxy groups -OCH3 is 1. The zero-order valence-electron chi connectivity index (χ0n) is 41.2. The number of nitrogens with zero attached hydrogens (tertiary/aromatic N) is 6. The fourth-order valence-corrected chi connectivity index (χ4v) is 9.92. The molecule has 5 aliphatic rings. The van der Waals surface area contributed by atoms with Gasteiger partial charge >= 0.3 is 5.92 Å². The number of fused-ring (bicyclic) bond motifs is 2. The van der Waals surface area contributed by atoms with E-state index in [0.29, 0.717) is 84.0 Å². The molecule has 4 aliphatic heterocycles. The lowest BCUT2D eigenvalue weighted by Crippen LogP contribution is -2.54. The zero-order valence-corrected chi connectivity index (χ0v) is 41.2. The Bertz CT molecular complexity index is 2520. The van der Waals surface area contributed by atoms with Gasteiger partial charge in [-0.15, -0.1) is 0 Å². The van der Waals surface area contributed by atoms with Gasteiger partial charge in [-0.2, -0.15) is 13.8 Å². The van der Waals surface area contributed by atoms with Crippen LogP contribution in [0.2, 0.25) is 0 Å². The van der Waals surface area contributed by atoms with E-state index in [-0.39, 0.29) is 70.5 Å². The van der Waals surface area contributed by atoms with Crippen LogP contribution in [0.1, 0.15) is 102 Å². The predicted molar refractivity (Wildman–Crippen MR) is 261 cm³/mol. The summed E-state index contributed by atoms with van der Waals surface area (Å²) in [5.41, 5.74) is 0.959. The quantitative estimate of drug-likeness (QED) is 0.0749. The van der Waals surface area contributed by atoms with E-state index in [2.05, 4.69) is 36.1 Å². The van der Waals surface area contributed by atoms with Crippen molar-refractivity contribution in [3.8, 4) is 5.75 Å². The highest BCUT2D eigenvalue weighted by molar-refractivity contribution is 6.25. The van der Waals surface area contributed by atoms with Gasteiger partial charge in [0.1, 0.15) is 23.3 Å². The number of likely N-dealkylation sites (tertiary alicyclic amines) is 1. The summed E-state index contributed by atoms with van der Waals surface area (Å²) in [4.78, 5) is 90.7. The van der Waals surface area contributed by atoms with E-state index in [1.54, 1.807) is 18.2 Å². The van der Waals surface area contributed by atoms with E-state index in [9.17, 15) is 28.8 Å². The van der Waals surface area contributed by atoms with Crippen molar-refractivity contribution < 1.29 is 60.9 Å². The van der Waals surface area contributed by atoms with Crippen molar-refractivity contribution in [2.24, 2.45) is 0 Å². The molecule has 2 aromatic carbocycles. The summed E-state index contributed by atoms with van der Waals surface area (Å²) in [6, 6.07) is 5.92. The van der Waals surface area contributed by atoms with Crippen LogP contribution < -0.4 is 35.8 Å². The first-order chi connectivity index (χ1) is 35.2. The monoisotopic (exact) mass is 1020 g/mol. The number of ether oxygens (including phenoxy) is 4. The van der Waals surface area contributed by atoms with Gasteiger partial charge in [0, 0.05) is 96.5 Å². The van der Waals surface area contributed by atoms with E-state index in [4.69, 9.17) is 18.9 Å². The van der Waals surface area contributed by atoms with Crippen LogP contribution in [-0.4, -0.2) is 166 Å². The summed E-state index contributed by atoms with van der Waals surface area (Å²) in [7, 11) is 2.64. The summed E-state index contributed by atoms with van der Waals surface area (Å²) in [5.74, 6) is -8.26. The largest absolute Gasteiger partial charge is 0.495 e. The van der Waals surface area contributed by atoms with Crippen molar-refractivity contribution in [2.75, 3.05) is 107 Å². The highest BCUT2D eigenvalue weighted by Gasteiger charge is 2.49. The number of alkyl halides is 2. The SMILES string of the molecule is COc1cc(C(=O)NC2CCN(CCCOCCCOCCCOCCNc3cccc4c3C(=O)N(C3CCC(=O)NC3=O)C4=O)CC2)c(F)cc1Nc1ncc2c(n1)N(C1CCCC1)CC(F)(F)C(=O)N2C. The number of aromatic nitrogens is 2. The van der Waals surface area contributed by atoms with Crippen LogP contribution in [0.15, 0.2) is 36.5 Å². The van der Waals surface area contributed by atoms with Crippen molar-refractivity contribution in [3.05, 3.63) is 59.0 Å². The first-order valence-electron chi connectivity index (χ1n) is 25.0. The maximum atomic E-state index is 15.6. The first kappa shape index (κ1) is 52.9. The molecule has 1 unspecified atom stereocenters. The molecular weight excluding hydrogens is 958 g/mol. The Hall–Kier alpha value is -6.43. The van der Waals surface area contributed by atoms with Gasteiger partial charge in [0.2, 0.25) is 17.8 Å². The van der Waals surface area contributed by atoms with E-state index < -0.39 is 59.8 Å². The second kappa shape index (κ2) is 24.1. The smallest absolute Gasteiger partial charge is 0.342 e. The van der Waals surface area contributed by atoms with Crippen LogP contribution in [-0.2, 0) is 28.6 Å². The molecule has 4 N–H and O–H groups in total. The van der Waals surface area contributed by atoms with Crippen LogP contribution >= 0.6 is 0 Å². The second-order valence-corrected chi connectivity index (χ2v) is 18.8. The van der Waals surface area contributed by atoms with Gasteiger partial charge in [0.15, 0.2) is 5.82 Å². The fraction of sp³-hybridized carbons (Fsp3) is 0.560. The molecule has 5 heterocycles. The van der Waals surface area contributed by atoms with Crippen molar-refractivity contribution >= 4 is 64.3 Å². The third-order valence-corrected chi connectivity index (χ3v) is 13.8. The molecule has 23 heteroatoms. The summed E-state index contributed by atoms with van der Waals surface area (Å²) in [6.45, 7) is 5.04. The van der Waals surface area contributed by atoms with Gasteiger partial charge in [-0.25, -0.2) is 9.37 Å². The Morgan fingerprint density at radius 2 is 1.58 bits per heavy atom. The Morgan fingerprint density at radius 3 is 2.27 bits per heavy atom. The number of amides is 6. The third kappa shape index (κ3) is 12.5. The molecule has 1 atom stereocenters. The van der Waals surface area contributed by atoms with Crippen LogP contribution in [0.25, 0.3) is 0 Å². The fourth-order valence-electron chi connectivity index (χ4n) is 9.92. The first-order valence-corrected chi connectivity index (χ1v) is 25.0. The summed E-state index contributed by atoms with van der Waals surface area (Å²) in [6.07, 6.45) is 8.23. The number of imide groups is 2. The Balaban J connectivity index is 0.670. The molecular formula is C50H63F3N10O10. The van der Waals surface area contributed by atoms with E-state index in [1.165, 1.54) is 31.3 Å². The molecule has 394 valence electrons. The van der Waals surface area contributed by atoms with Crippen molar-refractivity contribution in [1.82, 2.24) is 30.4 Å². The van der Waals surface area contributed by atoms with Crippen LogP contribution in [0.5, 0.6) is 5.75 Å². The normalized spacial score (nSPS) is 19.5. The Kier molecular flexibility index (Phi) is 17.4. The van der Waals surface area contributed by atoms with Gasteiger partial charge in [0.05, 0.1) is 48.8 Å². The van der Waals surface area contributed by atoms with Crippen LogP contribution in [0.3, 0.4) is 0 Å². The molecule has 8 rings (SSSR count). The topological polar surface area (TPSA) is 226 Å². The lowest BCUT2D eigenvalue weighted by Gasteiger charge is -2.32. The number of benzene rings is 2. The molecule has 0 bridgehead atoms. The molecule has 3 fully saturated rings. The summed E-state index contributed by atoms with van der Waals surface area (Å²) >= 11 is 0. The molecule has 3 aromatic rings. The number of hydrogen-bond donors (Lipinski definition) is 4. The number of piperidine rings is 2. The number of carbonyl (C=O) groups excluding carboxylic acids is 6. The molecule has 6 amide bonds. The molecule has 73 heavy (non-hydrogen) atoms. The molecule has 1 aromatic heterocycles. The van der Waals surface area contributed by atoms with E-state index >= 15 is 13.2 Å². The van der Waals surface area contributed by atoms with E-state index in [0.717, 1.165) is 61.2 Å². The molecule has 0 radical (unpaired) electrons. The lowest BCUT2D eigenvalue weighted by atomic mass is 10.0. The minimum Gasteiger partial charge on any atom is -0.495 e. The lowest BCUT2D eigenvalue weighted by molar-refractivity contribution is -0.140. The molecule has 2 saturated heterocycles. The van der Waals surface area contributed by atoms with Gasteiger partial charge in [-0.1, -0.05) is 18.9 Å². The average Bonchev–Trinajstić information content (AvgIpc) is 3.99. The van der Waals surface area contributed by atoms with Gasteiger partial charge in [-0.05, 0) is 69.6 Å². The van der Waals surface area contributed by atoms with Crippen LogP contribution in [0.4, 0.5) is 42.0 Å². The minimum atomic E-state index is -3.63. The number of rotatable bonds is 23. The van der Waals surface area contributed by atoms with Crippen molar-refractivity contribution in [3.63, 3.8) is 0 Å². The average molecular weight is 1020 g/mol. The summed E-state index contributed by atoms with van der Waals surface area (Å²) < 4.78 is 68.5. The van der Waals surface area contributed by atoms with Gasteiger partial charge in [0.25, 0.3) is 23.6 Å². The highest BCUT2D eigenvalue weighted by atomic mass is 19.3. The van der Waals surface area contributed by atoms with Gasteiger partial charge < -0.3 is 49.6 Å². The predicted octanol–water partition coefficient (Wildman–Crippen LogP) is 4.66. The number of anilines is 5. The maximum Gasteiger partial charge on any atom is 0.342 e. The van der Waals surface area contributed by atoms with Crippen molar-refractivity contribution in [2.45, 2.75) is 94.7 Å². The molecule has 20 nitrogen and oxygen atoms in total. The standard InChI is InChI=1S/C50H63F3N10O10/c1-60-39-29-55-49(59-43(39)62(32-9-3-4-10-32)30-50(52,53)48(60)69)57-37-28-35(51)34(27-40(37)70-2)44(65)56-31-15-19-61(20-16-31)18-6-21-71-22-7-23-72-24-8-25-73-26-17-54-36-12-5-11-33-42(36)47(68)63(46(33)67)38-13-14-41(64)58-45(38)66/h5,11-12,27-29,31-32,38,54H,3-4,6-10,13-26,30H2,1-2H3,(H,56,65)(H,55,57,59)(H,58,64,66). The second-order valence-electron chi connectivity index (χ2n) is 18.8. The van der Waals surface area contributed by atoms with E-state index in [1.807, 2.05) is 0 Å². The Morgan fingerprint density at radius 1 is 0.877 bits per heavy atom. The molecule has 1 aliphatic carbocycles. The minimum absolute atomic E-state index is 0.0211. The van der Waals surface area contributed by atoms with Crippen molar-refractivity contribution in [1.29, 1.82) is 0 Å². The third-order valence-electron chi connectivity index (χ3n) is 13.8. The number of halogens is 3.